The summed E-state index contributed by atoms with van der Waals surface area (Å²) in [6.07, 6.45) is 37.0. The summed E-state index contributed by atoms with van der Waals surface area (Å²) in [6.45, 7) is 4.51. The lowest BCUT2D eigenvalue weighted by Crippen LogP contribution is -2.11. The Balaban J connectivity index is 2.14. The van der Waals surface area contributed by atoms with Gasteiger partial charge in [-0.3, -0.25) is 9.59 Å². The normalized spacial score (nSPS) is 11.3. The van der Waals surface area contributed by atoms with Crippen LogP contribution in [0.15, 0.2) is 0 Å². The maximum absolute atomic E-state index is 12.4. The molecule has 0 aliphatic rings. The van der Waals surface area contributed by atoms with Gasteiger partial charge in [-0.15, -0.1) is 4.73 Å². The lowest BCUT2D eigenvalue weighted by molar-refractivity contribution is -0.137. The zero-order chi connectivity index (χ0) is 35.1. The SMILES string of the molecule is CCCCCCCCCCCCCCCCCC(=O)Oc1c(OC(=O)CCCCCCCCCCCCCCCCC)c(O)n(O)c1O. The molecule has 0 unspecified atom stereocenters. The third-order valence-corrected chi connectivity index (χ3v) is 9.41. The van der Waals surface area contributed by atoms with E-state index in [4.69, 9.17) is 9.47 Å². The average molecular weight is 680 g/mol. The van der Waals surface area contributed by atoms with E-state index in [1.54, 1.807) is 0 Å². The molecule has 0 spiro atoms. The number of ether oxygens (including phenoxy) is 2. The minimum absolute atomic E-state index is 0.0481. The average Bonchev–Trinajstić information content (AvgIpc) is 3.26. The second-order valence-corrected chi connectivity index (χ2v) is 14.0. The smallest absolute Gasteiger partial charge is 0.311 e. The van der Waals surface area contributed by atoms with Crippen LogP contribution in [0, 0.1) is 0 Å². The quantitative estimate of drug-likeness (QED) is 0.0377. The molecular weight excluding hydrogens is 606 g/mol. The number of rotatable bonds is 34. The highest BCUT2D eigenvalue weighted by Crippen LogP contribution is 2.46. The van der Waals surface area contributed by atoms with Gasteiger partial charge in [-0.2, -0.15) is 0 Å². The van der Waals surface area contributed by atoms with Crippen LogP contribution in [0.3, 0.4) is 0 Å². The van der Waals surface area contributed by atoms with Gasteiger partial charge in [0.05, 0.1) is 0 Å². The molecule has 1 heterocycles. The van der Waals surface area contributed by atoms with Crippen LogP contribution in [0.4, 0.5) is 0 Å². The molecule has 280 valence electrons. The largest absolute Gasteiger partial charge is 0.490 e. The second-order valence-electron chi connectivity index (χ2n) is 14.0. The highest BCUT2D eigenvalue weighted by Gasteiger charge is 2.29. The van der Waals surface area contributed by atoms with Crippen molar-refractivity contribution in [3.63, 3.8) is 0 Å². The topological polar surface area (TPSA) is 118 Å². The molecule has 8 nitrogen and oxygen atoms in total. The highest BCUT2D eigenvalue weighted by atomic mass is 16.6. The maximum Gasteiger partial charge on any atom is 0.311 e. The first kappa shape index (κ1) is 43.6. The molecule has 0 aliphatic heterocycles. The Morgan fingerprint density at radius 1 is 0.417 bits per heavy atom. The van der Waals surface area contributed by atoms with Crippen LogP contribution < -0.4 is 9.47 Å². The Hall–Kier alpha value is -2.38. The third kappa shape index (κ3) is 22.3. The molecule has 1 rings (SSSR count). The number of hydrogen-bond acceptors (Lipinski definition) is 7. The van der Waals surface area contributed by atoms with E-state index in [0.29, 0.717) is 12.8 Å². The van der Waals surface area contributed by atoms with Crippen molar-refractivity contribution in [2.75, 3.05) is 0 Å². The summed E-state index contributed by atoms with van der Waals surface area (Å²) in [7, 11) is 0. The predicted molar refractivity (Wildman–Crippen MR) is 195 cm³/mol. The number of esters is 2. The molecular formula is C40H73NO7. The van der Waals surface area contributed by atoms with Crippen molar-refractivity contribution in [3.05, 3.63) is 0 Å². The molecule has 1 aromatic heterocycles. The Kier molecular flexibility index (Phi) is 27.9. The summed E-state index contributed by atoms with van der Waals surface area (Å²) in [5, 5.41) is 30.2. The van der Waals surface area contributed by atoms with Gasteiger partial charge in [0, 0.05) is 12.8 Å². The van der Waals surface area contributed by atoms with Crippen LogP contribution in [0.2, 0.25) is 0 Å². The molecule has 0 atom stereocenters. The molecule has 3 N–H and O–H groups in total. The molecule has 0 aromatic carbocycles. The van der Waals surface area contributed by atoms with Crippen molar-refractivity contribution >= 4 is 11.9 Å². The standard InChI is InChI=1S/C40H73NO7/c1-3-5-7-9-11-13-15-17-19-21-23-25-27-29-31-33-35(42)47-37-38(40(45)41(46)39(37)44)48-36(43)34-32-30-28-26-24-22-20-18-16-14-12-10-8-6-4-2/h44-46H,3-34H2,1-2H3. The van der Waals surface area contributed by atoms with E-state index in [1.807, 2.05) is 0 Å². The number of carbonyl (C=O) groups excluding carboxylic acids is 2. The summed E-state index contributed by atoms with van der Waals surface area (Å²) in [4.78, 5) is 24.9. The lowest BCUT2D eigenvalue weighted by atomic mass is 10.0. The monoisotopic (exact) mass is 680 g/mol. The van der Waals surface area contributed by atoms with Gasteiger partial charge in [0.1, 0.15) is 0 Å². The third-order valence-electron chi connectivity index (χ3n) is 9.41. The van der Waals surface area contributed by atoms with Crippen molar-refractivity contribution < 1.29 is 34.5 Å². The molecule has 0 bridgehead atoms. The van der Waals surface area contributed by atoms with Crippen LogP contribution in [0.25, 0.3) is 0 Å². The van der Waals surface area contributed by atoms with E-state index in [0.717, 1.165) is 38.5 Å². The zero-order valence-corrected chi connectivity index (χ0v) is 31.0. The Morgan fingerprint density at radius 2 is 0.625 bits per heavy atom. The van der Waals surface area contributed by atoms with E-state index in [1.165, 1.54) is 141 Å². The molecule has 0 amide bonds. The molecule has 0 radical (unpaired) electrons. The fourth-order valence-corrected chi connectivity index (χ4v) is 6.29. The summed E-state index contributed by atoms with van der Waals surface area (Å²) < 4.78 is 10.5. The van der Waals surface area contributed by atoms with Gasteiger partial charge in [-0.1, -0.05) is 194 Å². The van der Waals surface area contributed by atoms with Crippen LogP contribution in [0.5, 0.6) is 23.3 Å². The second kappa shape index (κ2) is 30.7. The number of hydrogen-bond donors (Lipinski definition) is 3. The van der Waals surface area contributed by atoms with Gasteiger partial charge in [0.15, 0.2) is 0 Å². The van der Waals surface area contributed by atoms with Gasteiger partial charge in [0.25, 0.3) is 11.8 Å². The molecule has 0 saturated carbocycles. The van der Waals surface area contributed by atoms with Gasteiger partial charge < -0.3 is 24.9 Å². The van der Waals surface area contributed by atoms with Crippen molar-refractivity contribution in [2.24, 2.45) is 0 Å². The Labute approximate surface area is 293 Å². The fourth-order valence-electron chi connectivity index (χ4n) is 6.29. The Bertz CT molecular complexity index is 858. The summed E-state index contributed by atoms with van der Waals surface area (Å²) in [5.74, 6) is -4.08. The maximum atomic E-state index is 12.4. The van der Waals surface area contributed by atoms with Crippen molar-refractivity contribution in [1.82, 2.24) is 4.73 Å². The van der Waals surface area contributed by atoms with Crippen LogP contribution in [-0.4, -0.2) is 32.1 Å². The van der Waals surface area contributed by atoms with E-state index >= 15 is 0 Å². The number of carbonyl (C=O) groups is 2. The van der Waals surface area contributed by atoms with Crippen LogP contribution in [-0.2, 0) is 9.59 Å². The number of aromatic hydroxyl groups is 2. The van der Waals surface area contributed by atoms with Gasteiger partial charge in [0.2, 0.25) is 11.5 Å². The van der Waals surface area contributed by atoms with Crippen LogP contribution in [0.1, 0.15) is 219 Å². The Morgan fingerprint density at radius 3 is 0.854 bits per heavy atom. The predicted octanol–water partition coefficient (Wildman–Crippen LogP) is 12.5. The van der Waals surface area contributed by atoms with E-state index in [-0.39, 0.29) is 17.6 Å². The molecule has 0 aliphatic carbocycles. The van der Waals surface area contributed by atoms with E-state index in [2.05, 4.69) is 13.8 Å². The molecule has 8 heteroatoms. The first-order valence-electron chi connectivity index (χ1n) is 20.2. The first-order chi connectivity index (χ1) is 23.4. The summed E-state index contributed by atoms with van der Waals surface area (Å²) in [6, 6.07) is 0. The first-order valence-corrected chi connectivity index (χ1v) is 20.2. The van der Waals surface area contributed by atoms with E-state index < -0.39 is 35.2 Å². The highest BCUT2D eigenvalue weighted by molar-refractivity contribution is 5.78. The lowest BCUT2D eigenvalue weighted by Gasteiger charge is -2.07. The van der Waals surface area contributed by atoms with Gasteiger partial charge >= 0.3 is 11.9 Å². The van der Waals surface area contributed by atoms with Gasteiger partial charge in [-0.25, -0.2) is 0 Å². The van der Waals surface area contributed by atoms with Gasteiger partial charge in [-0.05, 0) is 12.8 Å². The molecule has 48 heavy (non-hydrogen) atoms. The minimum atomic E-state index is -0.882. The molecule has 0 fully saturated rings. The molecule has 0 saturated heterocycles. The number of unbranched alkanes of at least 4 members (excludes halogenated alkanes) is 28. The summed E-state index contributed by atoms with van der Waals surface area (Å²) in [5.41, 5.74) is 0. The summed E-state index contributed by atoms with van der Waals surface area (Å²) >= 11 is 0. The van der Waals surface area contributed by atoms with E-state index in [9.17, 15) is 25.0 Å². The fraction of sp³-hybridized carbons (Fsp3) is 0.850. The number of nitrogens with zero attached hydrogens (tertiary/aromatic N) is 1. The zero-order valence-electron chi connectivity index (χ0n) is 31.0. The van der Waals surface area contributed by atoms with Crippen molar-refractivity contribution in [1.29, 1.82) is 0 Å². The minimum Gasteiger partial charge on any atom is -0.490 e. The van der Waals surface area contributed by atoms with Crippen molar-refractivity contribution in [3.8, 4) is 23.3 Å². The van der Waals surface area contributed by atoms with Crippen LogP contribution >= 0.6 is 0 Å². The number of aromatic nitrogens is 1. The molecule has 1 aromatic rings. The van der Waals surface area contributed by atoms with Crippen molar-refractivity contribution in [2.45, 2.75) is 219 Å².